The van der Waals surface area contributed by atoms with Crippen molar-refractivity contribution >= 4 is 11.9 Å². The van der Waals surface area contributed by atoms with E-state index >= 15 is 0 Å². The molecule has 0 bridgehead atoms. The van der Waals surface area contributed by atoms with Gasteiger partial charge < -0.3 is 9.84 Å². The smallest absolute Gasteiger partial charge is 0.309 e. The zero-order valence-electron chi connectivity index (χ0n) is 9.66. The SMILES string of the molecule is CCCCC(C(=O)OCC)C(C)C(=O)O. The largest absolute Gasteiger partial charge is 0.481 e. The molecule has 0 aliphatic heterocycles. The van der Waals surface area contributed by atoms with Gasteiger partial charge in [0, 0.05) is 0 Å². The van der Waals surface area contributed by atoms with Gasteiger partial charge in [-0.1, -0.05) is 26.7 Å². The van der Waals surface area contributed by atoms with Crippen molar-refractivity contribution in [3.8, 4) is 0 Å². The minimum atomic E-state index is -0.941. The fourth-order valence-electron chi connectivity index (χ4n) is 1.42. The Hall–Kier alpha value is -1.06. The van der Waals surface area contributed by atoms with Crippen LogP contribution < -0.4 is 0 Å². The summed E-state index contributed by atoms with van der Waals surface area (Å²) in [5.41, 5.74) is 0. The second-order valence-electron chi connectivity index (χ2n) is 3.63. The zero-order chi connectivity index (χ0) is 11.8. The fraction of sp³-hybridized carbons (Fsp3) is 0.818. The molecular weight excluding hydrogens is 196 g/mol. The standard InChI is InChI=1S/C11H20O4/c1-4-6-7-9(8(3)10(12)13)11(14)15-5-2/h8-9H,4-7H2,1-3H3,(H,12,13). The number of hydrogen-bond donors (Lipinski definition) is 1. The van der Waals surface area contributed by atoms with Crippen molar-refractivity contribution in [3.63, 3.8) is 0 Å². The molecule has 0 radical (unpaired) electrons. The Morgan fingerprint density at radius 2 is 1.93 bits per heavy atom. The third kappa shape index (κ3) is 4.81. The molecule has 15 heavy (non-hydrogen) atoms. The lowest BCUT2D eigenvalue weighted by atomic mass is 9.89. The number of unbranched alkanes of at least 4 members (excludes halogenated alkanes) is 1. The number of esters is 1. The van der Waals surface area contributed by atoms with Gasteiger partial charge >= 0.3 is 11.9 Å². The number of carbonyl (C=O) groups excluding carboxylic acids is 1. The highest BCUT2D eigenvalue weighted by molar-refractivity contribution is 5.80. The van der Waals surface area contributed by atoms with Crippen LogP contribution in [0.25, 0.3) is 0 Å². The molecule has 0 aliphatic rings. The zero-order valence-corrected chi connectivity index (χ0v) is 9.66. The Balaban J connectivity index is 4.41. The molecule has 0 heterocycles. The van der Waals surface area contributed by atoms with Crippen molar-refractivity contribution in [2.75, 3.05) is 6.61 Å². The first-order chi connectivity index (χ1) is 7.04. The van der Waals surface area contributed by atoms with Crippen LogP contribution >= 0.6 is 0 Å². The van der Waals surface area contributed by atoms with Crippen LogP contribution in [-0.2, 0) is 14.3 Å². The number of rotatable bonds is 7. The maximum absolute atomic E-state index is 11.5. The van der Waals surface area contributed by atoms with E-state index in [9.17, 15) is 9.59 Å². The minimum Gasteiger partial charge on any atom is -0.481 e. The molecule has 2 atom stereocenters. The van der Waals surface area contributed by atoms with Crippen molar-refractivity contribution in [2.24, 2.45) is 11.8 Å². The van der Waals surface area contributed by atoms with Crippen LogP contribution in [0.1, 0.15) is 40.0 Å². The lowest BCUT2D eigenvalue weighted by Gasteiger charge is -2.18. The molecule has 0 fully saturated rings. The van der Waals surface area contributed by atoms with Crippen LogP contribution in [0.2, 0.25) is 0 Å². The van der Waals surface area contributed by atoms with Gasteiger partial charge in [-0.05, 0) is 13.3 Å². The molecule has 0 aromatic carbocycles. The predicted octanol–water partition coefficient (Wildman–Crippen LogP) is 2.08. The predicted molar refractivity (Wildman–Crippen MR) is 56.4 cm³/mol. The van der Waals surface area contributed by atoms with E-state index in [1.54, 1.807) is 13.8 Å². The van der Waals surface area contributed by atoms with Crippen LogP contribution in [0.5, 0.6) is 0 Å². The summed E-state index contributed by atoms with van der Waals surface area (Å²) in [5.74, 6) is -2.51. The number of aliphatic carboxylic acids is 1. The van der Waals surface area contributed by atoms with Gasteiger partial charge in [0.1, 0.15) is 0 Å². The third-order valence-electron chi connectivity index (χ3n) is 2.45. The maximum Gasteiger partial charge on any atom is 0.309 e. The first-order valence-corrected chi connectivity index (χ1v) is 5.44. The molecule has 0 aromatic rings. The van der Waals surface area contributed by atoms with Gasteiger partial charge in [0.15, 0.2) is 0 Å². The Labute approximate surface area is 90.6 Å². The summed E-state index contributed by atoms with van der Waals surface area (Å²) >= 11 is 0. The molecular formula is C11H20O4. The van der Waals surface area contributed by atoms with Crippen LogP contribution in [0.15, 0.2) is 0 Å². The van der Waals surface area contributed by atoms with E-state index in [2.05, 4.69) is 0 Å². The van der Waals surface area contributed by atoms with Crippen LogP contribution in [0, 0.1) is 11.8 Å². The number of carbonyl (C=O) groups is 2. The van der Waals surface area contributed by atoms with Gasteiger partial charge in [-0.15, -0.1) is 0 Å². The minimum absolute atomic E-state index is 0.299. The monoisotopic (exact) mass is 216 g/mol. The summed E-state index contributed by atoms with van der Waals surface area (Å²) in [6, 6.07) is 0. The van der Waals surface area contributed by atoms with Gasteiger partial charge in [-0.3, -0.25) is 9.59 Å². The molecule has 0 rings (SSSR count). The summed E-state index contributed by atoms with van der Waals surface area (Å²) in [6.07, 6.45) is 2.38. The average Bonchev–Trinajstić information content (AvgIpc) is 2.18. The molecule has 0 amide bonds. The van der Waals surface area contributed by atoms with E-state index < -0.39 is 17.8 Å². The second kappa shape index (κ2) is 7.26. The number of carboxylic acid groups (broad SMARTS) is 1. The van der Waals surface area contributed by atoms with Crippen molar-refractivity contribution < 1.29 is 19.4 Å². The first-order valence-electron chi connectivity index (χ1n) is 5.44. The van der Waals surface area contributed by atoms with E-state index in [4.69, 9.17) is 9.84 Å². The molecule has 4 nitrogen and oxygen atoms in total. The Morgan fingerprint density at radius 1 is 1.33 bits per heavy atom. The quantitative estimate of drug-likeness (QED) is 0.662. The highest BCUT2D eigenvalue weighted by atomic mass is 16.5. The van der Waals surface area contributed by atoms with E-state index in [1.165, 1.54) is 0 Å². The van der Waals surface area contributed by atoms with Gasteiger partial charge in [0.2, 0.25) is 0 Å². The summed E-state index contributed by atoms with van der Waals surface area (Å²) < 4.78 is 4.87. The number of hydrogen-bond acceptors (Lipinski definition) is 3. The van der Waals surface area contributed by atoms with E-state index in [0.717, 1.165) is 12.8 Å². The lowest BCUT2D eigenvalue weighted by molar-refractivity contribution is -0.157. The molecule has 0 aliphatic carbocycles. The van der Waals surface area contributed by atoms with Gasteiger partial charge in [-0.25, -0.2) is 0 Å². The van der Waals surface area contributed by atoms with E-state index in [1.807, 2.05) is 6.92 Å². The fourth-order valence-corrected chi connectivity index (χ4v) is 1.42. The third-order valence-corrected chi connectivity index (χ3v) is 2.45. The van der Waals surface area contributed by atoms with Crippen molar-refractivity contribution in [2.45, 2.75) is 40.0 Å². The van der Waals surface area contributed by atoms with Crippen molar-refractivity contribution in [3.05, 3.63) is 0 Å². The molecule has 88 valence electrons. The van der Waals surface area contributed by atoms with Crippen molar-refractivity contribution in [1.29, 1.82) is 0 Å². The van der Waals surface area contributed by atoms with Gasteiger partial charge in [-0.2, -0.15) is 0 Å². The highest BCUT2D eigenvalue weighted by Crippen LogP contribution is 2.20. The second-order valence-corrected chi connectivity index (χ2v) is 3.63. The Kier molecular flexibility index (Phi) is 6.75. The van der Waals surface area contributed by atoms with Gasteiger partial charge in [0.25, 0.3) is 0 Å². The highest BCUT2D eigenvalue weighted by Gasteiger charge is 2.30. The first kappa shape index (κ1) is 13.9. The summed E-state index contributed by atoms with van der Waals surface area (Å²) in [7, 11) is 0. The lowest BCUT2D eigenvalue weighted by Crippen LogP contribution is -2.29. The number of carboxylic acids is 1. The molecule has 1 N–H and O–H groups in total. The van der Waals surface area contributed by atoms with Crippen LogP contribution in [0.4, 0.5) is 0 Å². The van der Waals surface area contributed by atoms with Gasteiger partial charge in [0.05, 0.1) is 18.4 Å². The van der Waals surface area contributed by atoms with E-state index in [-0.39, 0.29) is 5.97 Å². The Morgan fingerprint density at radius 3 is 2.33 bits per heavy atom. The maximum atomic E-state index is 11.5. The Bertz CT molecular complexity index is 213. The van der Waals surface area contributed by atoms with Crippen LogP contribution in [-0.4, -0.2) is 23.7 Å². The average molecular weight is 216 g/mol. The normalized spacial score (nSPS) is 14.3. The van der Waals surface area contributed by atoms with Crippen molar-refractivity contribution in [1.82, 2.24) is 0 Å². The van der Waals surface area contributed by atoms with E-state index in [0.29, 0.717) is 13.0 Å². The summed E-state index contributed by atoms with van der Waals surface area (Å²) in [4.78, 5) is 22.3. The molecule has 4 heteroatoms. The topological polar surface area (TPSA) is 63.6 Å². The molecule has 0 saturated heterocycles. The molecule has 0 spiro atoms. The summed E-state index contributed by atoms with van der Waals surface area (Å²) in [6.45, 7) is 5.58. The molecule has 0 saturated carbocycles. The molecule has 0 aromatic heterocycles. The van der Waals surface area contributed by atoms with Crippen LogP contribution in [0.3, 0.4) is 0 Å². The molecule has 2 unspecified atom stereocenters. The number of ether oxygens (including phenoxy) is 1. The summed E-state index contributed by atoms with van der Waals surface area (Å²) in [5, 5.41) is 8.86.